The van der Waals surface area contributed by atoms with Crippen LogP contribution in [-0.4, -0.2) is 60.4 Å². The number of hydrogen-bond donors (Lipinski definition) is 1. The van der Waals surface area contributed by atoms with E-state index in [1.54, 1.807) is 10.7 Å². The molecule has 3 aromatic rings. The summed E-state index contributed by atoms with van der Waals surface area (Å²) < 4.78 is 7.44. The van der Waals surface area contributed by atoms with Crippen LogP contribution in [0.5, 0.6) is 5.75 Å². The highest BCUT2D eigenvalue weighted by Crippen LogP contribution is 2.33. The fraction of sp³-hybridized carbons (Fsp3) is 0.417. The molecule has 2 aromatic heterocycles. The van der Waals surface area contributed by atoms with Gasteiger partial charge < -0.3 is 20.3 Å². The number of ether oxygens (including phenoxy) is 1. The van der Waals surface area contributed by atoms with Crippen molar-refractivity contribution in [3.63, 3.8) is 0 Å². The van der Waals surface area contributed by atoms with Gasteiger partial charge in [0.05, 0.1) is 30.1 Å². The van der Waals surface area contributed by atoms with E-state index in [-0.39, 0.29) is 5.54 Å². The maximum atomic E-state index is 9.53. The molecule has 0 bridgehead atoms. The fourth-order valence-electron chi connectivity index (χ4n) is 4.49. The van der Waals surface area contributed by atoms with Crippen molar-refractivity contribution >= 4 is 11.2 Å². The highest BCUT2D eigenvalue weighted by Gasteiger charge is 2.31. The SMILES string of the molecule is CCOc1cc(-c2ccc(N3CCC(N)(CN(C)C)CC3)cc2)c2c(C#N)cnn2c1. The molecular formula is C24H30N6O. The first-order valence-electron chi connectivity index (χ1n) is 10.8. The van der Waals surface area contributed by atoms with Crippen LogP contribution < -0.4 is 15.4 Å². The Kier molecular flexibility index (Phi) is 5.86. The summed E-state index contributed by atoms with van der Waals surface area (Å²) in [6.45, 7) is 5.35. The molecular weight excluding hydrogens is 388 g/mol. The lowest BCUT2D eigenvalue weighted by Crippen LogP contribution is -2.55. The van der Waals surface area contributed by atoms with Crippen molar-refractivity contribution < 1.29 is 4.74 Å². The molecule has 0 saturated carbocycles. The number of nitrogens with zero attached hydrogens (tertiary/aromatic N) is 5. The molecule has 0 unspecified atom stereocenters. The predicted molar refractivity (Wildman–Crippen MR) is 123 cm³/mol. The zero-order chi connectivity index (χ0) is 22.0. The van der Waals surface area contributed by atoms with Gasteiger partial charge in [-0.05, 0) is 57.6 Å². The molecule has 1 aliphatic rings. The molecule has 7 heteroatoms. The Morgan fingerprint density at radius 2 is 1.94 bits per heavy atom. The van der Waals surface area contributed by atoms with Crippen LogP contribution in [0.4, 0.5) is 5.69 Å². The summed E-state index contributed by atoms with van der Waals surface area (Å²) in [6, 6.07) is 12.8. The van der Waals surface area contributed by atoms with Gasteiger partial charge in [-0.1, -0.05) is 12.1 Å². The van der Waals surface area contributed by atoms with E-state index in [2.05, 4.69) is 59.3 Å². The summed E-state index contributed by atoms with van der Waals surface area (Å²) in [5, 5.41) is 13.9. The fourth-order valence-corrected chi connectivity index (χ4v) is 4.49. The van der Waals surface area contributed by atoms with Gasteiger partial charge in [0.15, 0.2) is 0 Å². The van der Waals surface area contributed by atoms with E-state index < -0.39 is 0 Å². The molecule has 0 amide bonds. The van der Waals surface area contributed by atoms with Gasteiger partial charge in [0, 0.05) is 36.4 Å². The van der Waals surface area contributed by atoms with Crippen molar-refractivity contribution in [2.75, 3.05) is 45.2 Å². The minimum atomic E-state index is -0.110. The van der Waals surface area contributed by atoms with Gasteiger partial charge in [-0.3, -0.25) is 0 Å². The molecule has 1 fully saturated rings. The molecule has 0 aliphatic carbocycles. The Bertz CT molecular complexity index is 1090. The topological polar surface area (TPSA) is 82.8 Å². The molecule has 0 spiro atoms. The smallest absolute Gasteiger partial charge is 0.138 e. The molecule has 1 aromatic carbocycles. The maximum absolute atomic E-state index is 9.53. The van der Waals surface area contributed by atoms with E-state index in [1.165, 1.54) is 5.69 Å². The second kappa shape index (κ2) is 8.58. The zero-order valence-electron chi connectivity index (χ0n) is 18.5. The van der Waals surface area contributed by atoms with E-state index >= 15 is 0 Å². The second-order valence-electron chi connectivity index (χ2n) is 8.62. The van der Waals surface area contributed by atoms with Crippen LogP contribution in [-0.2, 0) is 0 Å². The third-order valence-corrected chi connectivity index (χ3v) is 5.95. The monoisotopic (exact) mass is 418 g/mol. The van der Waals surface area contributed by atoms with E-state index in [0.29, 0.717) is 12.2 Å². The number of fused-ring (bicyclic) bond motifs is 1. The lowest BCUT2D eigenvalue weighted by molar-refractivity contribution is 0.241. The predicted octanol–water partition coefficient (Wildman–Crippen LogP) is 3.13. The number of anilines is 1. The van der Waals surface area contributed by atoms with Crippen LogP contribution >= 0.6 is 0 Å². The van der Waals surface area contributed by atoms with Gasteiger partial charge >= 0.3 is 0 Å². The number of benzene rings is 1. The van der Waals surface area contributed by atoms with Gasteiger partial charge in [-0.25, -0.2) is 4.52 Å². The summed E-state index contributed by atoms with van der Waals surface area (Å²) in [6.07, 6.45) is 5.37. The Morgan fingerprint density at radius 3 is 2.55 bits per heavy atom. The van der Waals surface area contributed by atoms with Crippen molar-refractivity contribution in [1.29, 1.82) is 5.26 Å². The summed E-state index contributed by atoms with van der Waals surface area (Å²) >= 11 is 0. The standard InChI is InChI=1S/C24H30N6O/c1-4-31-21-13-22(23-19(14-25)15-27-30(23)16-21)18-5-7-20(8-6-18)29-11-9-24(26,10-12-29)17-28(2)3/h5-8,13,15-16H,4,9-12,17,26H2,1-3H3. The van der Waals surface area contributed by atoms with Crippen molar-refractivity contribution in [3.8, 4) is 22.9 Å². The van der Waals surface area contributed by atoms with Crippen molar-refractivity contribution in [2.45, 2.75) is 25.3 Å². The normalized spacial score (nSPS) is 15.9. The first-order valence-corrected chi connectivity index (χ1v) is 10.8. The van der Waals surface area contributed by atoms with E-state index in [0.717, 1.165) is 54.9 Å². The Labute approximate surface area is 183 Å². The highest BCUT2D eigenvalue weighted by molar-refractivity contribution is 5.85. The molecule has 3 heterocycles. The zero-order valence-corrected chi connectivity index (χ0v) is 18.5. The minimum Gasteiger partial charge on any atom is -0.492 e. The number of piperidine rings is 1. The summed E-state index contributed by atoms with van der Waals surface area (Å²) in [7, 11) is 4.16. The van der Waals surface area contributed by atoms with Crippen molar-refractivity contribution in [3.05, 3.63) is 48.3 Å². The van der Waals surface area contributed by atoms with Crippen LogP contribution in [0.15, 0.2) is 42.7 Å². The lowest BCUT2D eigenvalue weighted by Gasteiger charge is -2.41. The van der Waals surface area contributed by atoms with Crippen LogP contribution in [0.3, 0.4) is 0 Å². The third kappa shape index (κ3) is 4.36. The third-order valence-electron chi connectivity index (χ3n) is 5.95. The number of rotatable bonds is 6. The van der Waals surface area contributed by atoms with Crippen molar-refractivity contribution in [1.82, 2.24) is 14.5 Å². The van der Waals surface area contributed by atoms with Gasteiger partial charge in [-0.15, -0.1) is 0 Å². The summed E-state index contributed by atoms with van der Waals surface area (Å²) in [4.78, 5) is 4.57. The molecule has 0 radical (unpaired) electrons. The first-order chi connectivity index (χ1) is 14.9. The number of hydrogen-bond acceptors (Lipinski definition) is 6. The van der Waals surface area contributed by atoms with E-state index in [4.69, 9.17) is 10.5 Å². The second-order valence-corrected chi connectivity index (χ2v) is 8.62. The average molecular weight is 419 g/mol. The highest BCUT2D eigenvalue weighted by atomic mass is 16.5. The Morgan fingerprint density at radius 1 is 1.23 bits per heavy atom. The minimum absolute atomic E-state index is 0.110. The van der Waals surface area contributed by atoms with Gasteiger partial charge in [0.2, 0.25) is 0 Å². The number of pyridine rings is 1. The summed E-state index contributed by atoms with van der Waals surface area (Å²) in [5.74, 6) is 0.734. The summed E-state index contributed by atoms with van der Waals surface area (Å²) in [5.41, 5.74) is 11.0. The molecule has 162 valence electrons. The quantitative estimate of drug-likeness (QED) is 0.662. The van der Waals surface area contributed by atoms with Crippen LogP contribution in [0.1, 0.15) is 25.3 Å². The number of aromatic nitrogens is 2. The number of likely N-dealkylation sites (N-methyl/N-ethyl adjacent to an activating group) is 1. The number of nitrogens with two attached hydrogens (primary N) is 1. The van der Waals surface area contributed by atoms with Gasteiger partial charge in [0.1, 0.15) is 11.8 Å². The average Bonchev–Trinajstić information content (AvgIpc) is 3.16. The van der Waals surface area contributed by atoms with Gasteiger partial charge in [0.25, 0.3) is 0 Å². The van der Waals surface area contributed by atoms with Crippen LogP contribution in [0.25, 0.3) is 16.6 Å². The Hall–Kier alpha value is -3.08. The first kappa shape index (κ1) is 21.2. The molecule has 1 saturated heterocycles. The molecule has 7 nitrogen and oxygen atoms in total. The van der Waals surface area contributed by atoms with Crippen molar-refractivity contribution in [2.24, 2.45) is 5.73 Å². The van der Waals surface area contributed by atoms with E-state index in [1.807, 2.05) is 19.2 Å². The number of nitriles is 1. The molecule has 0 atom stereocenters. The van der Waals surface area contributed by atoms with Gasteiger partial charge in [-0.2, -0.15) is 10.4 Å². The molecule has 2 N–H and O–H groups in total. The van der Waals surface area contributed by atoms with Crippen LogP contribution in [0, 0.1) is 11.3 Å². The molecule has 31 heavy (non-hydrogen) atoms. The largest absolute Gasteiger partial charge is 0.492 e. The Balaban J connectivity index is 1.60. The molecule has 1 aliphatic heterocycles. The molecule has 4 rings (SSSR count). The van der Waals surface area contributed by atoms with E-state index in [9.17, 15) is 5.26 Å². The van der Waals surface area contributed by atoms with Crippen LogP contribution in [0.2, 0.25) is 0 Å². The maximum Gasteiger partial charge on any atom is 0.138 e. The lowest BCUT2D eigenvalue weighted by atomic mass is 9.88.